The van der Waals surface area contributed by atoms with Crippen LogP contribution in [0.3, 0.4) is 0 Å². The second-order valence-corrected chi connectivity index (χ2v) is 8.92. The van der Waals surface area contributed by atoms with Crippen molar-refractivity contribution in [3.8, 4) is 11.5 Å². The number of methoxy groups -OCH3 is 2. The van der Waals surface area contributed by atoms with E-state index >= 15 is 0 Å². The number of nitro groups is 1. The maximum absolute atomic E-state index is 13.2. The number of para-hydroxylation sites is 1. The Balaban J connectivity index is 2.03. The number of benzene rings is 3. The van der Waals surface area contributed by atoms with E-state index < -0.39 is 31.5 Å². The standard InChI is InChI=1S/C23H22N4O8S/c1-14(17-10-9-16(34-2)13-21(17)35-3)24-25-20-11-8-15(27(30)31)12-22(20)36(32,33)26-19-7-5-4-6-18(19)23(28)29/h4-13,25-26H,1-3H3,(H,28,29)/b24-14-. The van der Waals surface area contributed by atoms with E-state index in [1.807, 2.05) is 0 Å². The summed E-state index contributed by atoms with van der Waals surface area (Å²) in [5.41, 5.74) is 2.58. The van der Waals surface area contributed by atoms with E-state index in [0.717, 1.165) is 12.1 Å². The van der Waals surface area contributed by atoms with Crippen molar-refractivity contribution in [1.29, 1.82) is 0 Å². The van der Waals surface area contributed by atoms with Gasteiger partial charge in [0.25, 0.3) is 15.7 Å². The number of ether oxygens (including phenoxy) is 2. The molecule has 0 heterocycles. The van der Waals surface area contributed by atoms with E-state index in [4.69, 9.17) is 9.47 Å². The third-order valence-electron chi connectivity index (χ3n) is 5.01. The second kappa shape index (κ2) is 10.7. The molecule has 0 aliphatic carbocycles. The van der Waals surface area contributed by atoms with Crippen molar-refractivity contribution in [3.63, 3.8) is 0 Å². The summed E-state index contributed by atoms with van der Waals surface area (Å²) in [6.07, 6.45) is 0. The lowest BCUT2D eigenvalue weighted by Crippen LogP contribution is -2.17. The van der Waals surface area contributed by atoms with Crippen molar-refractivity contribution >= 4 is 38.8 Å². The van der Waals surface area contributed by atoms with Crippen LogP contribution in [-0.2, 0) is 10.0 Å². The van der Waals surface area contributed by atoms with Gasteiger partial charge in [0, 0.05) is 23.8 Å². The van der Waals surface area contributed by atoms with E-state index in [1.165, 1.54) is 44.6 Å². The number of sulfonamides is 1. The highest BCUT2D eigenvalue weighted by molar-refractivity contribution is 7.93. The first-order valence-corrected chi connectivity index (χ1v) is 11.7. The summed E-state index contributed by atoms with van der Waals surface area (Å²) in [7, 11) is -1.50. The molecular formula is C23H22N4O8S. The Hall–Kier alpha value is -4.65. The van der Waals surface area contributed by atoms with Crippen LogP contribution in [0.5, 0.6) is 11.5 Å². The van der Waals surface area contributed by atoms with Crippen LogP contribution in [0, 0.1) is 10.1 Å². The van der Waals surface area contributed by atoms with Crippen molar-refractivity contribution in [3.05, 3.63) is 81.9 Å². The molecule has 0 bridgehead atoms. The van der Waals surface area contributed by atoms with Crippen LogP contribution in [-0.4, -0.2) is 44.3 Å². The smallest absolute Gasteiger partial charge is 0.337 e. The Morgan fingerprint density at radius 3 is 2.36 bits per heavy atom. The van der Waals surface area contributed by atoms with Crippen LogP contribution >= 0.6 is 0 Å². The van der Waals surface area contributed by atoms with Gasteiger partial charge in [-0.1, -0.05) is 12.1 Å². The molecule has 0 amide bonds. The molecule has 0 aromatic heterocycles. The summed E-state index contributed by atoms with van der Waals surface area (Å²) in [4.78, 5) is 21.5. The quantitative estimate of drug-likeness (QED) is 0.206. The van der Waals surface area contributed by atoms with E-state index in [2.05, 4.69) is 15.2 Å². The van der Waals surface area contributed by atoms with Crippen LogP contribution in [0.1, 0.15) is 22.8 Å². The molecular weight excluding hydrogens is 492 g/mol. The number of carboxylic acids is 1. The average molecular weight is 515 g/mol. The minimum absolute atomic E-state index is 0.0762. The maximum Gasteiger partial charge on any atom is 0.337 e. The van der Waals surface area contributed by atoms with Gasteiger partial charge in [0.05, 0.1) is 41.8 Å². The monoisotopic (exact) mass is 514 g/mol. The molecule has 0 aliphatic heterocycles. The summed E-state index contributed by atoms with van der Waals surface area (Å²) in [6.45, 7) is 1.65. The van der Waals surface area contributed by atoms with E-state index in [1.54, 1.807) is 25.1 Å². The number of hydrazone groups is 1. The van der Waals surface area contributed by atoms with Gasteiger partial charge in [0.1, 0.15) is 16.4 Å². The second-order valence-electron chi connectivity index (χ2n) is 7.27. The van der Waals surface area contributed by atoms with Crippen molar-refractivity contribution < 1.29 is 32.7 Å². The van der Waals surface area contributed by atoms with Crippen molar-refractivity contribution in [1.82, 2.24) is 0 Å². The minimum Gasteiger partial charge on any atom is -0.497 e. The first-order valence-electron chi connectivity index (χ1n) is 10.2. The number of aromatic carboxylic acids is 1. The molecule has 3 aromatic carbocycles. The normalized spacial score (nSPS) is 11.5. The van der Waals surface area contributed by atoms with Crippen LogP contribution < -0.4 is 19.6 Å². The molecule has 0 unspecified atom stereocenters. The Bertz CT molecular complexity index is 1450. The highest BCUT2D eigenvalue weighted by atomic mass is 32.2. The van der Waals surface area contributed by atoms with Crippen LogP contribution in [0.15, 0.2) is 70.7 Å². The predicted molar refractivity (Wildman–Crippen MR) is 133 cm³/mol. The van der Waals surface area contributed by atoms with Gasteiger partial charge >= 0.3 is 5.97 Å². The number of non-ortho nitro benzene ring substituents is 1. The fourth-order valence-electron chi connectivity index (χ4n) is 3.20. The molecule has 0 radical (unpaired) electrons. The number of hydrogen-bond donors (Lipinski definition) is 3. The predicted octanol–water partition coefficient (Wildman–Crippen LogP) is 3.95. The molecule has 3 N–H and O–H groups in total. The Kier molecular flexibility index (Phi) is 7.74. The van der Waals surface area contributed by atoms with Gasteiger partial charge in [-0.05, 0) is 37.3 Å². The summed E-state index contributed by atoms with van der Waals surface area (Å²) < 4.78 is 39.1. The molecule has 36 heavy (non-hydrogen) atoms. The lowest BCUT2D eigenvalue weighted by atomic mass is 10.1. The largest absolute Gasteiger partial charge is 0.497 e. The molecule has 12 nitrogen and oxygen atoms in total. The molecule has 3 aromatic rings. The zero-order valence-corrected chi connectivity index (χ0v) is 20.2. The molecule has 0 spiro atoms. The third-order valence-corrected chi connectivity index (χ3v) is 6.42. The highest BCUT2D eigenvalue weighted by Gasteiger charge is 2.24. The number of anilines is 2. The number of nitrogens with one attached hydrogen (secondary N) is 2. The molecule has 0 saturated carbocycles. The fourth-order valence-corrected chi connectivity index (χ4v) is 4.46. The first-order chi connectivity index (χ1) is 17.1. The topological polar surface area (TPSA) is 169 Å². The third kappa shape index (κ3) is 5.70. The maximum atomic E-state index is 13.2. The van der Waals surface area contributed by atoms with Crippen molar-refractivity contribution in [2.45, 2.75) is 11.8 Å². The highest BCUT2D eigenvalue weighted by Crippen LogP contribution is 2.30. The van der Waals surface area contributed by atoms with Gasteiger partial charge in [-0.15, -0.1) is 0 Å². The molecule has 188 valence electrons. The van der Waals surface area contributed by atoms with Gasteiger partial charge < -0.3 is 14.6 Å². The van der Waals surface area contributed by atoms with Crippen LogP contribution in [0.2, 0.25) is 0 Å². The minimum atomic E-state index is -4.48. The SMILES string of the molecule is COc1ccc(/C(C)=N\Nc2ccc([N+](=O)[O-])cc2S(=O)(=O)Nc2ccccc2C(=O)O)c(OC)c1. The van der Waals surface area contributed by atoms with Gasteiger partial charge in [0.15, 0.2) is 0 Å². The van der Waals surface area contributed by atoms with Crippen LogP contribution in [0.25, 0.3) is 0 Å². The zero-order valence-electron chi connectivity index (χ0n) is 19.4. The van der Waals surface area contributed by atoms with Gasteiger partial charge in [-0.2, -0.15) is 5.10 Å². The number of rotatable bonds is 10. The number of hydrogen-bond acceptors (Lipinski definition) is 9. The zero-order chi connectivity index (χ0) is 26.5. The lowest BCUT2D eigenvalue weighted by Gasteiger charge is -2.14. The summed E-state index contributed by atoms with van der Waals surface area (Å²) in [5, 5.41) is 24.9. The number of carbonyl (C=O) groups is 1. The van der Waals surface area contributed by atoms with E-state index in [9.17, 15) is 28.4 Å². The molecule has 13 heteroatoms. The lowest BCUT2D eigenvalue weighted by molar-refractivity contribution is -0.385. The average Bonchev–Trinajstić information content (AvgIpc) is 2.86. The molecule has 3 rings (SSSR count). The van der Waals surface area contributed by atoms with Crippen molar-refractivity contribution in [2.24, 2.45) is 5.10 Å². The molecule has 0 saturated heterocycles. The number of nitro benzene ring substituents is 1. The molecule has 0 aliphatic rings. The van der Waals surface area contributed by atoms with Gasteiger partial charge in [-0.25, -0.2) is 13.2 Å². The van der Waals surface area contributed by atoms with Gasteiger partial charge in [0.2, 0.25) is 0 Å². The number of nitrogens with zero attached hydrogens (tertiary/aromatic N) is 2. The number of carboxylic acid groups (broad SMARTS) is 1. The summed E-state index contributed by atoms with van der Waals surface area (Å²) in [6, 6.07) is 13.6. The summed E-state index contributed by atoms with van der Waals surface area (Å²) >= 11 is 0. The molecule has 0 fully saturated rings. The Morgan fingerprint density at radius 2 is 1.72 bits per heavy atom. The van der Waals surface area contributed by atoms with Gasteiger partial charge in [-0.3, -0.25) is 20.3 Å². The Labute approximate surface area is 206 Å². The fraction of sp³-hybridized carbons (Fsp3) is 0.130. The summed E-state index contributed by atoms with van der Waals surface area (Å²) in [5.74, 6) is -0.326. The van der Waals surface area contributed by atoms with E-state index in [0.29, 0.717) is 22.8 Å². The Morgan fingerprint density at radius 1 is 1.00 bits per heavy atom. The molecule has 0 atom stereocenters. The van der Waals surface area contributed by atoms with E-state index in [-0.39, 0.29) is 16.9 Å². The van der Waals surface area contributed by atoms with Crippen LogP contribution in [0.4, 0.5) is 17.1 Å². The van der Waals surface area contributed by atoms with Crippen molar-refractivity contribution in [2.75, 3.05) is 24.4 Å². The first kappa shape index (κ1) is 26.0.